The van der Waals surface area contributed by atoms with Crippen molar-refractivity contribution in [2.75, 3.05) is 0 Å². The van der Waals surface area contributed by atoms with Crippen LogP contribution >= 0.6 is 0 Å². The van der Waals surface area contributed by atoms with Gasteiger partial charge in [-0.05, 0) is 31.5 Å². The van der Waals surface area contributed by atoms with E-state index in [9.17, 15) is 0 Å². The van der Waals surface area contributed by atoms with Gasteiger partial charge in [0.15, 0.2) is 0 Å². The minimum atomic E-state index is -0.164. The summed E-state index contributed by atoms with van der Waals surface area (Å²) in [6.07, 6.45) is 0. The zero-order valence-electron chi connectivity index (χ0n) is 9.15. The van der Waals surface area contributed by atoms with Gasteiger partial charge in [-0.15, -0.1) is 0 Å². The summed E-state index contributed by atoms with van der Waals surface area (Å²) < 4.78 is 2.00. The maximum absolute atomic E-state index is 8.89. The highest BCUT2D eigenvalue weighted by Gasteiger charge is 2.13. The highest BCUT2D eigenvalue weighted by atomic mass is 15.1. The van der Waals surface area contributed by atoms with E-state index < -0.39 is 0 Å². The van der Waals surface area contributed by atoms with Crippen molar-refractivity contribution in [3.63, 3.8) is 0 Å². The molecule has 2 rings (SSSR count). The second-order valence-electron chi connectivity index (χ2n) is 3.87. The summed E-state index contributed by atoms with van der Waals surface area (Å²) in [6, 6.07) is 8.34. The van der Waals surface area contributed by atoms with E-state index in [1.807, 2.05) is 30.7 Å². The van der Waals surface area contributed by atoms with Crippen molar-refractivity contribution >= 4 is 11.0 Å². The molecule has 1 unspecified atom stereocenters. The predicted molar refractivity (Wildman–Crippen MR) is 59.5 cm³/mol. The summed E-state index contributed by atoms with van der Waals surface area (Å²) in [4.78, 5) is 4.46. The van der Waals surface area contributed by atoms with E-state index in [2.05, 4.69) is 24.0 Å². The minimum absolute atomic E-state index is 0.164. The van der Waals surface area contributed by atoms with Crippen LogP contribution in [0.3, 0.4) is 0 Å². The normalized spacial score (nSPS) is 12.7. The van der Waals surface area contributed by atoms with Crippen LogP contribution in [-0.2, 0) is 7.05 Å². The molecule has 0 aliphatic heterocycles. The van der Waals surface area contributed by atoms with E-state index in [0.29, 0.717) is 0 Å². The molecule has 2 aromatic rings. The van der Waals surface area contributed by atoms with Gasteiger partial charge in [-0.3, -0.25) is 0 Å². The molecule has 76 valence electrons. The van der Waals surface area contributed by atoms with Crippen molar-refractivity contribution in [1.29, 1.82) is 5.26 Å². The standard InChI is InChI=1S/C12H13N3/c1-8-4-5-10-11(6-8)15(3)12(14-10)9(2)7-13/h4-6,9H,1-3H3. The number of rotatable bonds is 1. The van der Waals surface area contributed by atoms with Gasteiger partial charge in [-0.25, -0.2) is 4.98 Å². The number of hydrogen-bond acceptors (Lipinski definition) is 2. The zero-order chi connectivity index (χ0) is 11.0. The van der Waals surface area contributed by atoms with Gasteiger partial charge in [0, 0.05) is 7.05 Å². The Morgan fingerprint density at radius 1 is 1.47 bits per heavy atom. The fourth-order valence-electron chi connectivity index (χ4n) is 1.76. The number of aryl methyl sites for hydroxylation is 2. The first-order valence-electron chi connectivity index (χ1n) is 4.96. The van der Waals surface area contributed by atoms with Crippen molar-refractivity contribution in [2.24, 2.45) is 7.05 Å². The Kier molecular flexibility index (Phi) is 2.20. The Hall–Kier alpha value is -1.82. The van der Waals surface area contributed by atoms with E-state index in [1.165, 1.54) is 5.56 Å². The van der Waals surface area contributed by atoms with Crippen molar-refractivity contribution in [3.05, 3.63) is 29.6 Å². The smallest absolute Gasteiger partial charge is 0.126 e. The topological polar surface area (TPSA) is 41.6 Å². The molecule has 0 spiro atoms. The molecule has 1 aromatic carbocycles. The molecule has 0 radical (unpaired) electrons. The molecule has 15 heavy (non-hydrogen) atoms. The van der Waals surface area contributed by atoms with Gasteiger partial charge in [0.1, 0.15) is 11.7 Å². The van der Waals surface area contributed by atoms with Crippen LogP contribution in [0.4, 0.5) is 0 Å². The van der Waals surface area contributed by atoms with Crippen LogP contribution in [0.2, 0.25) is 0 Å². The summed E-state index contributed by atoms with van der Waals surface area (Å²) in [5.41, 5.74) is 3.26. The molecule has 0 saturated heterocycles. The number of nitriles is 1. The zero-order valence-corrected chi connectivity index (χ0v) is 9.15. The largest absolute Gasteiger partial charge is 0.330 e. The average molecular weight is 199 g/mol. The van der Waals surface area contributed by atoms with Crippen LogP contribution in [0.1, 0.15) is 24.2 Å². The first kappa shape index (κ1) is 9.72. The van der Waals surface area contributed by atoms with Gasteiger partial charge >= 0.3 is 0 Å². The number of nitrogens with zero attached hydrogens (tertiary/aromatic N) is 3. The lowest BCUT2D eigenvalue weighted by molar-refractivity contribution is 0.778. The van der Waals surface area contributed by atoms with Gasteiger partial charge in [0.25, 0.3) is 0 Å². The lowest BCUT2D eigenvalue weighted by Gasteiger charge is -2.02. The highest BCUT2D eigenvalue weighted by Crippen LogP contribution is 2.21. The van der Waals surface area contributed by atoms with Gasteiger partial charge in [0.2, 0.25) is 0 Å². The van der Waals surface area contributed by atoms with Crippen LogP contribution < -0.4 is 0 Å². The Morgan fingerprint density at radius 3 is 2.87 bits per heavy atom. The third-order valence-corrected chi connectivity index (χ3v) is 2.65. The van der Waals surface area contributed by atoms with Gasteiger partial charge < -0.3 is 4.57 Å². The maximum atomic E-state index is 8.89. The molecule has 1 heterocycles. The molecular weight excluding hydrogens is 186 g/mol. The molecule has 3 heteroatoms. The number of imidazole rings is 1. The predicted octanol–water partition coefficient (Wildman–Crippen LogP) is 2.51. The van der Waals surface area contributed by atoms with Gasteiger partial charge in [-0.1, -0.05) is 6.07 Å². The quantitative estimate of drug-likeness (QED) is 0.708. The summed E-state index contributed by atoms with van der Waals surface area (Å²) in [6.45, 7) is 3.92. The first-order valence-corrected chi connectivity index (χ1v) is 4.96. The maximum Gasteiger partial charge on any atom is 0.126 e. The molecule has 0 saturated carbocycles. The van der Waals surface area contributed by atoms with Crippen LogP contribution in [0.15, 0.2) is 18.2 Å². The van der Waals surface area contributed by atoms with Crippen LogP contribution in [-0.4, -0.2) is 9.55 Å². The average Bonchev–Trinajstić information content (AvgIpc) is 2.55. The van der Waals surface area contributed by atoms with Crippen LogP contribution in [0.5, 0.6) is 0 Å². The summed E-state index contributed by atoms with van der Waals surface area (Å²) in [5.74, 6) is 0.667. The third kappa shape index (κ3) is 1.48. The SMILES string of the molecule is Cc1ccc2nc(C(C)C#N)n(C)c2c1. The number of fused-ring (bicyclic) bond motifs is 1. The van der Waals surface area contributed by atoms with E-state index >= 15 is 0 Å². The summed E-state index contributed by atoms with van der Waals surface area (Å²) >= 11 is 0. The Labute approximate surface area is 89.0 Å². The van der Waals surface area contributed by atoms with Crippen molar-refractivity contribution < 1.29 is 0 Å². The molecular formula is C12H13N3. The monoisotopic (exact) mass is 199 g/mol. The molecule has 0 N–H and O–H groups in total. The lowest BCUT2D eigenvalue weighted by Crippen LogP contribution is -2.00. The Morgan fingerprint density at radius 2 is 2.20 bits per heavy atom. The number of aromatic nitrogens is 2. The lowest BCUT2D eigenvalue weighted by atomic mass is 10.2. The second kappa shape index (κ2) is 3.39. The van der Waals surface area contributed by atoms with Crippen molar-refractivity contribution in [2.45, 2.75) is 19.8 Å². The molecule has 1 aromatic heterocycles. The van der Waals surface area contributed by atoms with E-state index in [0.717, 1.165) is 16.9 Å². The van der Waals surface area contributed by atoms with Crippen LogP contribution in [0.25, 0.3) is 11.0 Å². The molecule has 3 nitrogen and oxygen atoms in total. The molecule has 0 aliphatic carbocycles. The van der Waals surface area contributed by atoms with Crippen LogP contribution in [0, 0.1) is 18.3 Å². The van der Waals surface area contributed by atoms with Gasteiger partial charge in [0.05, 0.1) is 17.1 Å². The highest BCUT2D eigenvalue weighted by molar-refractivity contribution is 5.77. The molecule has 0 aliphatic rings. The Bertz CT molecular complexity index is 546. The fourth-order valence-corrected chi connectivity index (χ4v) is 1.76. The molecule has 0 amide bonds. The summed E-state index contributed by atoms with van der Waals surface area (Å²) in [5, 5.41) is 8.89. The Balaban J connectivity index is 2.71. The number of hydrogen-bond donors (Lipinski definition) is 0. The van der Waals surface area contributed by atoms with E-state index in [-0.39, 0.29) is 5.92 Å². The third-order valence-electron chi connectivity index (χ3n) is 2.65. The fraction of sp³-hybridized carbons (Fsp3) is 0.333. The van der Waals surface area contributed by atoms with E-state index in [1.54, 1.807) is 0 Å². The molecule has 0 bridgehead atoms. The molecule has 1 atom stereocenters. The summed E-state index contributed by atoms with van der Waals surface area (Å²) in [7, 11) is 1.96. The van der Waals surface area contributed by atoms with Crippen molar-refractivity contribution in [1.82, 2.24) is 9.55 Å². The molecule has 0 fully saturated rings. The van der Waals surface area contributed by atoms with Crippen molar-refractivity contribution in [3.8, 4) is 6.07 Å². The second-order valence-corrected chi connectivity index (χ2v) is 3.87. The first-order chi connectivity index (χ1) is 7.13. The minimum Gasteiger partial charge on any atom is -0.330 e. The van der Waals surface area contributed by atoms with E-state index in [4.69, 9.17) is 5.26 Å². The number of benzene rings is 1. The van der Waals surface area contributed by atoms with Gasteiger partial charge in [-0.2, -0.15) is 5.26 Å².